The Morgan fingerprint density at radius 1 is 1.28 bits per heavy atom. The number of hydrogen-bond donors (Lipinski definition) is 3. The maximum atomic E-state index is 12.1. The zero-order valence-corrected chi connectivity index (χ0v) is 15.0. The van der Waals surface area contributed by atoms with E-state index in [2.05, 4.69) is 15.4 Å². The predicted octanol–water partition coefficient (Wildman–Crippen LogP) is 2.24. The average molecular weight is 368 g/mol. The fourth-order valence-electron chi connectivity index (χ4n) is 2.68. The highest BCUT2D eigenvalue weighted by Gasteiger charge is 2.26. The van der Waals surface area contributed by atoms with E-state index in [-0.39, 0.29) is 12.4 Å². The first kappa shape index (κ1) is 19.6. The van der Waals surface area contributed by atoms with Crippen molar-refractivity contribution in [1.29, 1.82) is 0 Å². The zero-order valence-electron chi connectivity index (χ0n) is 14.1. The minimum Gasteiger partial charge on any atom is -0.375 e. The number of aryl methyl sites for hydroxylation is 1. The van der Waals surface area contributed by atoms with Crippen LogP contribution in [-0.4, -0.2) is 42.0 Å². The number of esters is 1. The summed E-state index contributed by atoms with van der Waals surface area (Å²) in [7, 11) is -3.48. The highest BCUT2D eigenvalue weighted by molar-refractivity contribution is 7.57. The molecule has 25 heavy (non-hydrogen) atoms. The van der Waals surface area contributed by atoms with E-state index in [0.29, 0.717) is 12.8 Å². The van der Waals surface area contributed by atoms with Gasteiger partial charge in [0.15, 0.2) is 0 Å². The van der Waals surface area contributed by atoms with Crippen LogP contribution in [0.4, 0.5) is 4.79 Å². The van der Waals surface area contributed by atoms with Crippen LogP contribution in [-0.2, 0) is 20.5 Å². The van der Waals surface area contributed by atoms with Crippen molar-refractivity contribution in [2.45, 2.75) is 38.1 Å². The maximum absolute atomic E-state index is 12.1. The number of carbonyl (C=O) groups excluding carboxylic acids is 2. The molecule has 1 amide bonds. The number of hydrogen-bond acceptors (Lipinski definition) is 5. The Morgan fingerprint density at radius 3 is 2.72 bits per heavy atom. The van der Waals surface area contributed by atoms with E-state index in [9.17, 15) is 19.0 Å². The van der Waals surface area contributed by atoms with Gasteiger partial charge in [-0.2, -0.15) is 0 Å². The summed E-state index contributed by atoms with van der Waals surface area (Å²) in [5.41, 5.74) is 1.19. The molecule has 0 aromatic heterocycles. The molecule has 0 spiro atoms. The lowest BCUT2D eigenvalue weighted by Crippen LogP contribution is -2.37. The quantitative estimate of drug-likeness (QED) is 0.281. The van der Waals surface area contributed by atoms with Gasteiger partial charge in [-0.3, -0.25) is 4.57 Å². The highest BCUT2D eigenvalue weighted by Crippen LogP contribution is 2.40. The van der Waals surface area contributed by atoms with E-state index in [4.69, 9.17) is 0 Å². The lowest BCUT2D eigenvalue weighted by Gasteiger charge is -2.13. The van der Waals surface area contributed by atoms with Crippen LogP contribution in [0.15, 0.2) is 30.3 Å². The Hall–Kier alpha value is -1.69. The van der Waals surface area contributed by atoms with E-state index >= 15 is 0 Å². The van der Waals surface area contributed by atoms with Gasteiger partial charge in [-0.05, 0) is 44.2 Å². The monoisotopic (exact) mass is 368 g/mol. The lowest BCUT2D eigenvalue weighted by molar-refractivity contribution is -0.139. The van der Waals surface area contributed by atoms with Gasteiger partial charge in [0.25, 0.3) is 0 Å². The van der Waals surface area contributed by atoms with Crippen molar-refractivity contribution < 1.29 is 23.8 Å². The molecule has 1 unspecified atom stereocenters. The summed E-state index contributed by atoms with van der Waals surface area (Å²) in [6.45, 7) is 0.718. The minimum absolute atomic E-state index is 0.123. The summed E-state index contributed by atoms with van der Waals surface area (Å²) in [4.78, 5) is 33.1. The Kier molecular flexibility index (Phi) is 7.62. The largest absolute Gasteiger partial charge is 0.415 e. The van der Waals surface area contributed by atoms with Gasteiger partial charge in [0, 0.05) is 6.16 Å². The van der Waals surface area contributed by atoms with Crippen LogP contribution in [0.2, 0.25) is 0 Å². The number of amides is 1. The fourth-order valence-corrected chi connectivity index (χ4v) is 3.94. The minimum atomic E-state index is -3.48. The summed E-state index contributed by atoms with van der Waals surface area (Å²) in [6, 6.07) is 9.45. The van der Waals surface area contributed by atoms with Crippen molar-refractivity contribution in [2.75, 3.05) is 19.0 Å². The molecule has 1 fully saturated rings. The number of benzene rings is 1. The van der Waals surface area contributed by atoms with Gasteiger partial charge in [-0.15, -0.1) is 0 Å². The van der Waals surface area contributed by atoms with Crippen molar-refractivity contribution in [3.8, 4) is 0 Å². The third-order valence-corrected chi connectivity index (χ3v) is 5.74. The first-order valence-corrected chi connectivity index (χ1v) is 10.6. The molecule has 0 radical (unpaired) electrons. The molecule has 7 nitrogen and oxygen atoms in total. The van der Waals surface area contributed by atoms with Gasteiger partial charge < -0.3 is 20.3 Å². The predicted molar refractivity (Wildman–Crippen MR) is 94.6 cm³/mol. The van der Waals surface area contributed by atoms with E-state index in [1.807, 2.05) is 30.3 Å². The van der Waals surface area contributed by atoms with Crippen molar-refractivity contribution in [3.05, 3.63) is 35.9 Å². The van der Waals surface area contributed by atoms with Crippen molar-refractivity contribution >= 4 is 19.4 Å². The topological polar surface area (TPSA) is 105 Å². The van der Waals surface area contributed by atoms with Crippen LogP contribution in [0, 0.1) is 0 Å². The van der Waals surface area contributed by atoms with Crippen LogP contribution in [0.1, 0.15) is 31.2 Å². The van der Waals surface area contributed by atoms with Crippen LogP contribution in [0.25, 0.3) is 0 Å². The second-order valence-corrected chi connectivity index (χ2v) is 8.66. The number of unbranched alkanes of at least 4 members (excludes halogenated alkanes) is 1. The second kappa shape index (κ2) is 9.70. The third-order valence-electron chi connectivity index (χ3n) is 4.07. The molecular weight excluding hydrogens is 343 g/mol. The van der Waals surface area contributed by atoms with Gasteiger partial charge in [0.1, 0.15) is 6.04 Å². The van der Waals surface area contributed by atoms with Gasteiger partial charge in [-0.25, -0.2) is 9.59 Å². The molecule has 2 atom stereocenters. The molecule has 2 rings (SSSR count). The second-order valence-electron chi connectivity index (χ2n) is 6.20. The molecule has 1 heterocycles. The van der Waals surface area contributed by atoms with E-state index in [0.717, 1.165) is 25.8 Å². The normalized spacial score (nSPS) is 19.2. The first-order chi connectivity index (χ1) is 12.0. The van der Waals surface area contributed by atoms with Crippen LogP contribution >= 0.6 is 7.37 Å². The molecule has 0 bridgehead atoms. The van der Waals surface area contributed by atoms with Crippen LogP contribution in [0.3, 0.4) is 0 Å². The van der Waals surface area contributed by atoms with Gasteiger partial charge in [-0.1, -0.05) is 30.3 Å². The van der Waals surface area contributed by atoms with Crippen LogP contribution < -0.4 is 10.6 Å². The standard InChI is InChI=1S/C17H25N2O5P/c20-16(15-10-6-11-18-15)24-17(21)19-13-25(22,23)12-5-4-9-14-7-2-1-3-8-14/h1-3,7-8,15,18H,4-6,9-13H2,(H,19,21)(H,22,23)/t15-/m0/s1. The molecular formula is C17H25N2O5P. The van der Waals surface area contributed by atoms with E-state index < -0.39 is 25.5 Å². The number of rotatable bonds is 8. The Morgan fingerprint density at radius 2 is 2.04 bits per heavy atom. The number of alkyl carbamates (subject to hydrolysis) is 1. The van der Waals surface area contributed by atoms with Gasteiger partial charge in [0.2, 0.25) is 7.37 Å². The molecule has 1 aliphatic rings. The maximum Gasteiger partial charge on any atom is 0.415 e. The first-order valence-electron chi connectivity index (χ1n) is 8.54. The molecule has 3 N–H and O–H groups in total. The molecule has 8 heteroatoms. The number of carbonyl (C=O) groups is 2. The zero-order chi connectivity index (χ0) is 18.1. The third kappa shape index (κ3) is 7.38. The van der Waals surface area contributed by atoms with Crippen LogP contribution in [0.5, 0.6) is 0 Å². The highest BCUT2D eigenvalue weighted by atomic mass is 31.2. The fraction of sp³-hybridized carbons (Fsp3) is 0.529. The number of nitrogens with one attached hydrogen (secondary N) is 2. The molecule has 1 aromatic rings. The molecule has 0 saturated carbocycles. The van der Waals surface area contributed by atoms with Crippen molar-refractivity contribution in [1.82, 2.24) is 10.6 Å². The van der Waals surface area contributed by atoms with Gasteiger partial charge >= 0.3 is 12.1 Å². The Labute approximate surface area is 147 Å². The molecule has 1 aliphatic heterocycles. The van der Waals surface area contributed by atoms with Gasteiger partial charge in [0.05, 0.1) is 6.29 Å². The van der Waals surface area contributed by atoms with E-state index in [1.165, 1.54) is 5.56 Å². The lowest BCUT2D eigenvalue weighted by atomic mass is 10.1. The molecule has 1 aromatic carbocycles. The summed E-state index contributed by atoms with van der Waals surface area (Å²) in [5, 5.41) is 5.14. The van der Waals surface area contributed by atoms with E-state index in [1.54, 1.807) is 0 Å². The molecule has 138 valence electrons. The van der Waals surface area contributed by atoms with Crippen molar-refractivity contribution in [3.63, 3.8) is 0 Å². The smallest absolute Gasteiger partial charge is 0.375 e. The average Bonchev–Trinajstić information content (AvgIpc) is 3.13. The number of ether oxygens (including phenoxy) is 1. The SMILES string of the molecule is O=C(NCP(=O)(O)CCCCc1ccccc1)OC(=O)[C@@H]1CCCN1. The molecule has 1 saturated heterocycles. The van der Waals surface area contributed by atoms with Crippen molar-refractivity contribution in [2.24, 2.45) is 0 Å². The molecule has 0 aliphatic carbocycles. The summed E-state index contributed by atoms with van der Waals surface area (Å²) >= 11 is 0. The summed E-state index contributed by atoms with van der Waals surface area (Å²) in [5.74, 6) is -0.648. The Balaban J connectivity index is 1.62. The summed E-state index contributed by atoms with van der Waals surface area (Å²) in [6.07, 6.45) is 2.48. The Bertz CT molecular complexity index is 617. The summed E-state index contributed by atoms with van der Waals surface area (Å²) < 4.78 is 16.7.